The van der Waals surface area contributed by atoms with E-state index in [0.29, 0.717) is 47.1 Å². The topological polar surface area (TPSA) is 112 Å². The van der Waals surface area contributed by atoms with Gasteiger partial charge in [0.15, 0.2) is 0 Å². The molecule has 2 unspecified atom stereocenters. The summed E-state index contributed by atoms with van der Waals surface area (Å²) in [5.74, 6) is 1.08. The third-order valence-corrected chi connectivity index (χ3v) is 17.8. The Bertz CT molecular complexity index is 2860. The fraction of sp³-hybridized carbons (Fsp3) is 0.400. The molecule has 390 valence electrons. The third kappa shape index (κ3) is 12.5. The first-order valence-corrected chi connectivity index (χ1v) is 29.2. The van der Waals surface area contributed by atoms with Gasteiger partial charge in [0.25, 0.3) is 11.8 Å². The standard InChI is InChI=1S/C60H68N2O8S4/c1-11-15-21-37(13-3)35-61-53(49-33-31-47(73-49)45-29-27-43(71-45)39-23-17-19-25-41(39)67-57(65)69-59(5,6)7)51-52(55(61)63)54(62(56(51)64)36-38(14-4)22-16-12-2)50-34-32-48(74-50)46-30-28-44(72-46)40-24-18-20-26-42(40)68-58(66)70-60(8,9)10/h17-20,23-34,37-38H,11-16,21-22,35-36H2,1-10H3. The van der Waals surface area contributed by atoms with E-state index in [1.165, 1.54) is 0 Å². The Morgan fingerprint density at radius 3 is 1.14 bits per heavy atom. The summed E-state index contributed by atoms with van der Waals surface area (Å²) in [5.41, 5.74) is 2.53. The Morgan fingerprint density at radius 2 is 0.797 bits per heavy atom. The molecule has 2 aromatic carbocycles. The molecule has 0 radical (unpaired) electrons. The van der Waals surface area contributed by atoms with Gasteiger partial charge >= 0.3 is 12.3 Å². The fourth-order valence-electron chi connectivity index (χ4n) is 9.27. The van der Waals surface area contributed by atoms with Crippen molar-refractivity contribution in [2.75, 3.05) is 13.1 Å². The summed E-state index contributed by atoms with van der Waals surface area (Å²) in [6, 6.07) is 31.4. The fourth-order valence-corrected chi connectivity index (χ4v) is 13.7. The zero-order valence-corrected chi connectivity index (χ0v) is 47.5. The quantitative estimate of drug-likeness (QED) is 0.0549. The van der Waals surface area contributed by atoms with E-state index in [4.69, 9.17) is 18.9 Å². The summed E-state index contributed by atoms with van der Waals surface area (Å²) in [6.45, 7) is 20.6. The monoisotopic (exact) mass is 1070 g/mol. The summed E-state index contributed by atoms with van der Waals surface area (Å²) >= 11 is 6.35. The van der Waals surface area contributed by atoms with Gasteiger partial charge in [0.1, 0.15) is 22.7 Å². The number of fused-ring (bicyclic) bond motifs is 1. The van der Waals surface area contributed by atoms with Gasteiger partial charge in [-0.25, -0.2) is 9.59 Å². The number of para-hydroxylation sites is 2. The van der Waals surface area contributed by atoms with Crippen LogP contribution in [0.15, 0.2) is 108 Å². The molecule has 14 heteroatoms. The second kappa shape index (κ2) is 23.4. The van der Waals surface area contributed by atoms with Crippen LogP contribution < -0.4 is 9.47 Å². The molecule has 6 heterocycles. The Kier molecular flexibility index (Phi) is 17.2. The summed E-state index contributed by atoms with van der Waals surface area (Å²) in [4.78, 5) is 68.0. The van der Waals surface area contributed by atoms with E-state index in [2.05, 4.69) is 64.1 Å². The van der Waals surface area contributed by atoms with E-state index in [1.807, 2.05) is 58.3 Å². The van der Waals surface area contributed by atoms with E-state index in [-0.39, 0.29) is 23.7 Å². The third-order valence-electron chi connectivity index (χ3n) is 13.0. The molecule has 10 nitrogen and oxygen atoms in total. The van der Waals surface area contributed by atoms with E-state index in [1.54, 1.807) is 99.0 Å². The molecule has 0 fully saturated rings. The van der Waals surface area contributed by atoms with E-state index >= 15 is 9.59 Å². The first kappa shape index (κ1) is 54.5. The number of rotatable bonds is 20. The van der Waals surface area contributed by atoms with Crippen molar-refractivity contribution in [3.8, 4) is 51.9 Å². The summed E-state index contributed by atoms with van der Waals surface area (Å²) in [7, 11) is 0. The van der Waals surface area contributed by atoms with E-state index in [0.717, 1.165) is 102 Å². The van der Waals surface area contributed by atoms with Crippen LogP contribution >= 0.6 is 45.3 Å². The van der Waals surface area contributed by atoms with Gasteiger partial charge in [-0.05, 0) is 139 Å². The second-order valence-corrected chi connectivity index (χ2v) is 25.2. The van der Waals surface area contributed by atoms with E-state index in [9.17, 15) is 9.59 Å². The van der Waals surface area contributed by atoms with Gasteiger partial charge in [-0.3, -0.25) is 9.59 Å². The number of amides is 2. The summed E-state index contributed by atoms with van der Waals surface area (Å²) in [6.07, 6.45) is 6.52. The lowest BCUT2D eigenvalue weighted by molar-refractivity contribution is -0.124. The highest BCUT2D eigenvalue weighted by molar-refractivity contribution is 7.25. The number of thiophene rings is 4. The van der Waals surface area contributed by atoms with Gasteiger partial charge in [-0.2, -0.15) is 0 Å². The number of ether oxygens (including phenoxy) is 4. The van der Waals surface area contributed by atoms with Crippen LogP contribution in [0.25, 0.3) is 51.8 Å². The molecule has 0 aliphatic carbocycles. The van der Waals surface area contributed by atoms with Crippen LogP contribution in [0.2, 0.25) is 0 Å². The van der Waals surface area contributed by atoms with Crippen molar-refractivity contribution < 1.29 is 38.1 Å². The first-order valence-electron chi connectivity index (χ1n) is 25.9. The predicted octanol–water partition coefficient (Wildman–Crippen LogP) is 17.5. The Labute approximate surface area is 452 Å². The minimum absolute atomic E-state index is 0.123. The zero-order chi connectivity index (χ0) is 52.9. The maximum Gasteiger partial charge on any atom is 0.514 e. The van der Waals surface area contributed by atoms with Crippen LogP contribution in [0.1, 0.15) is 130 Å². The lowest BCUT2D eigenvalue weighted by Gasteiger charge is -2.29. The van der Waals surface area contributed by atoms with Gasteiger partial charge in [-0.1, -0.05) is 90.5 Å². The molecular weight excluding hydrogens is 1000 g/mol. The second-order valence-electron chi connectivity index (χ2n) is 20.9. The van der Waals surface area contributed by atoms with Crippen molar-refractivity contribution in [3.05, 3.63) is 118 Å². The molecule has 0 N–H and O–H groups in total. The maximum atomic E-state index is 15.5. The van der Waals surface area contributed by atoms with Crippen molar-refractivity contribution in [3.63, 3.8) is 0 Å². The Hall–Kier alpha value is -5.80. The minimum atomic E-state index is -0.763. The number of carbonyl (C=O) groups excluding carboxylic acids is 4. The van der Waals surface area contributed by atoms with Crippen molar-refractivity contribution in [2.45, 2.75) is 132 Å². The van der Waals surface area contributed by atoms with Crippen LogP contribution in [0.4, 0.5) is 9.59 Å². The van der Waals surface area contributed by atoms with Gasteiger partial charge in [0, 0.05) is 53.5 Å². The predicted molar refractivity (Wildman–Crippen MR) is 304 cm³/mol. The molecular formula is C60H68N2O8S4. The molecule has 0 spiro atoms. The number of hydrogen-bond acceptors (Lipinski definition) is 12. The highest BCUT2D eigenvalue weighted by Crippen LogP contribution is 2.52. The normalized spacial score (nSPS) is 14.8. The minimum Gasteiger partial charge on any atom is -0.428 e. The van der Waals surface area contributed by atoms with Crippen LogP contribution in [0.5, 0.6) is 11.5 Å². The molecule has 0 bridgehead atoms. The van der Waals surface area contributed by atoms with Crippen molar-refractivity contribution in [1.29, 1.82) is 0 Å². The van der Waals surface area contributed by atoms with Crippen LogP contribution in [0, 0.1) is 11.8 Å². The molecule has 2 aliphatic rings. The number of unbranched alkanes of at least 4 members (excludes halogenated alkanes) is 2. The average molecular weight is 1070 g/mol. The molecule has 2 amide bonds. The van der Waals surface area contributed by atoms with Crippen LogP contribution in [-0.4, -0.2) is 58.2 Å². The molecule has 2 atom stereocenters. The number of benzene rings is 2. The largest absolute Gasteiger partial charge is 0.514 e. The maximum absolute atomic E-state index is 15.5. The van der Waals surface area contributed by atoms with Gasteiger partial charge < -0.3 is 28.7 Å². The molecule has 6 aromatic rings. The highest BCUT2D eigenvalue weighted by Gasteiger charge is 2.50. The Balaban J connectivity index is 1.19. The van der Waals surface area contributed by atoms with Crippen LogP contribution in [0.3, 0.4) is 0 Å². The molecule has 74 heavy (non-hydrogen) atoms. The first-order chi connectivity index (χ1) is 35.4. The van der Waals surface area contributed by atoms with Gasteiger partial charge in [-0.15, -0.1) is 45.3 Å². The summed E-state index contributed by atoms with van der Waals surface area (Å²) < 4.78 is 22.4. The number of nitrogens with zero attached hydrogens (tertiary/aromatic N) is 2. The lowest BCUT2D eigenvalue weighted by Crippen LogP contribution is -2.34. The van der Waals surface area contributed by atoms with E-state index < -0.39 is 23.5 Å². The number of carbonyl (C=O) groups is 4. The van der Waals surface area contributed by atoms with Gasteiger partial charge in [0.05, 0.1) is 32.3 Å². The van der Waals surface area contributed by atoms with Crippen LogP contribution in [-0.2, 0) is 19.1 Å². The molecule has 4 aromatic heterocycles. The smallest absolute Gasteiger partial charge is 0.428 e. The molecule has 8 rings (SSSR count). The molecule has 0 saturated carbocycles. The number of hydrogen-bond donors (Lipinski definition) is 0. The van der Waals surface area contributed by atoms with Crippen molar-refractivity contribution in [2.24, 2.45) is 11.8 Å². The molecule has 2 aliphatic heterocycles. The SMILES string of the molecule is CCCCC(CC)CN1C(=O)C2=C(c3ccc(-c4ccc(-c5ccccc5OC(=O)OC(C)(C)C)s4)s3)N(CC(CC)CCCC)C(=O)C2=C1c1ccc(-c2ccc(-c3ccccc3OC(=O)OC(C)(C)C)s2)s1. The zero-order valence-electron chi connectivity index (χ0n) is 44.3. The van der Waals surface area contributed by atoms with Gasteiger partial charge in [0.2, 0.25) is 0 Å². The average Bonchev–Trinajstić information content (AvgIpc) is 4.22. The van der Waals surface area contributed by atoms with Crippen molar-refractivity contribution in [1.82, 2.24) is 9.80 Å². The van der Waals surface area contributed by atoms with Crippen molar-refractivity contribution >= 4 is 80.9 Å². The highest BCUT2D eigenvalue weighted by atomic mass is 32.1. The lowest BCUT2D eigenvalue weighted by atomic mass is 9.98. The Morgan fingerprint density at radius 1 is 0.473 bits per heavy atom. The molecule has 0 saturated heterocycles. The summed E-state index contributed by atoms with van der Waals surface area (Å²) in [5, 5.41) is 0.